The lowest BCUT2D eigenvalue weighted by Crippen LogP contribution is -2.41. The first-order valence-corrected chi connectivity index (χ1v) is 8.55. The van der Waals surface area contributed by atoms with Gasteiger partial charge in [-0.2, -0.15) is 5.26 Å². The molecule has 1 fully saturated rings. The molecule has 1 saturated heterocycles. The van der Waals surface area contributed by atoms with Crippen molar-refractivity contribution in [1.82, 2.24) is 10.2 Å². The maximum Gasteiger partial charge on any atom is 0.234 e. The van der Waals surface area contributed by atoms with Gasteiger partial charge in [0.1, 0.15) is 6.42 Å². The van der Waals surface area contributed by atoms with Gasteiger partial charge in [0.2, 0.25) is 11.8 Å². The zero-order valence-corrected chi connectivity index (χ0v) is 14.3. The number of benzene rings is 1. The molecule has 5 heteroatoms. The Bertz CT molecular complexity index is 613. The van der Waals surface area contributed by atoms with Crippen LogP contribution in [-0.4, -0.2) is 36.3 Å². The fraction of sp³-hybridized carbons (Fsp3) is 0.526. The van der Waals surface area contributed by atoms with E-state index in [0.29, 0.717) is 18.9 Å². The van der Waals surface area contributed by atoms with E-state index in [1.54, 1.807) is 0 Å². The number of piperidine rings is 1. The van der Waals surface area contributed by atoms with Gasteiger partial charge in [0.25, 0.3) is 0 Å². The van der Waals surface area contributed by atoms with Crippen LogP contribution in [0.2, 0.25) is 0 Å². The Balaban J connectivity index is 1.69. The molecule has 2 rings (SSSR count). The van der Waals surface area contributed by atoms with Crippen molar-refractivity contribution in [3.8, 4) is 6.07 Å². The number of nitrogens with zero attached hydrogens (tertiary/aromatic N) is 2. The van der Waals surface area contributed by atoms with Gasteiger partial charge >= 0.3 is 0 Å². The Kier molecular flexibility index (Phi) is 6.80. The van der Waals surface area contributed by atoms with Crippen LogP contribution in [0.4, 0.5) is 0 Å². The van der Waals surface area contributed by atoms with Gasteiger partial charge in [0.15, 0.2) is 0 Å². The van der Waals surface area contributed by atoms with E-state index >= 15 is 0 Å². The molecule has 1 N–H and O–H groups in total. The molecule has 5 nitrogen and oxygen atoms in total. The monoisotopic (exact) mass is 327 g/mol. The average molecular weight is 327 g/mol. The first kappa shape index (κ1) is 18.0. The number of carbonyl (C=O) groups excluding carboxylic acids is 2. The molecule has 1 aliphatic rings. The summed E-state index contributed by atoms with van der Waals surface area (Å²) in [6.07, 6.45) is 3.06. The number of aryl methyl sites for hydroxylation is 2. The van der Waals surface area contributed by atoms with Crippen LogP contribution in [0, 0.1) is 24.2 Å². The normalized spacial score (nSPS) is 14.9. The van der Waals surface area contributed by atoms with E-state index in [9.17, 15) is 9.59 Å². The van der Waals surface area contributed by atoms with E-state index in [1.165, 1.54) is 11.1 Å². The van der Waals surface area contributed by atoms with Gasteiger partial charge in [-0.1, -0.05) is 29.8 Å². The standard InChI is InChI=1S/C19H25N3O2/c1-15-3-2-4-16(13-15)5-6-19(24)22-11-8-17(9-12-22)14-21-18(23)7-10-20/h2-4,13,17H,5-9,11-12,14H2,1H3,(H,21,23). The molecule has 1 aliphatic heterocycles. The summed E-state index contributed by atoms with van der Waals surface area (Å²) in [7, 11) is 0. The van der Waals surface area contributed by atoms with Crippen LogP contribution < -0.4 is 5.32 Å². The maximum absolute atomic E-state index is 12.3. The summed E-state index contributed by atoms with van der Waals surface area (Å²) < 4.78 is 0. The molecular weight excluding hydrogens is 302 g/mol. The Morgan fingerprint density at radius 2 is 2.08 bits per heavy atom. The number of likely N-dealkylation sites (tertiary alicyclic amines) is 1. The van der Waals surface area contributed by atoms with E-state index in [-0.39, 0.29) is 18.2 Å². The smallest absolute Gasteiger partial charge is 0.234 e. The van der Waals surface area contributed by atoms with Crippen LogP contribution in [0.1, 0.15) is 36.8 Å². The highest BCUT2D eigenvalue weighted by atomic mass is 16.2. The first-order valence-electron chi connectivity index (χ1n) is 8.55. The van der Waals surface area contributed by atoms with Gasteiger partial charge in [-0.15, -0.1) is 0 Å². The number of carbonyl (C=O) groups is 2. The minimum atomic E-state index is -0.214. The third-order valence-corrected chi connectivity index (χ3v) is 4.50. The molecular formula is C19H25N3O2. The lowest BCUT2D eigenvalue weighted by molar-refractivity contribution is -0.132. The molecule has 0 aliphatic carbocycles. The number of hydrogen-bond acceptors (Lipinski definition) is 3. The van der Waals surface area contributed by atoms with Crippen molar-refractivity contribution >= 4 is 11.8 Å². The van der Waals surface area contributed by atoms with E-state index in [0.717, 1.165) is 32.4 Å². The molecule has 0 radical (unpaired) electrons. The van der Waals surface area contributed by atoms with Crippen molar-refractivity contribution in [3.63, 3.8) is 0 Å². The number of nitrogens with one attached hydrogen (secondary N) is 1. The van der Waals surface area contributed by atoms with Crippen molar-refractivity contribution < 1.29 is 9.59 Å². The van der Waals surface area contributed by atoms with Gasteiger partial charge in [-0.3, -0.25) is 9.59 Å². The molecule has 0 spiro atoms. The van der Waals surface area contributed by atoms with Crippen molar-refractivity contribution in [1.29, 1.82) is 5.26 Å². The Morgan fingerprint density at radius 1 is 1.33 bits per heavy atom. The van der Waals surface area contributed by atoms with E-state index in [2.05, 4.69) is 30.4 Å². The summed E-state index contributed by atoms with van der Waals surface area (Å²) in [5.74, 6) is 0.395. The molecule has 128 valence electrons. The predicted octanol–water partition coefficient (Wildman–Crippen LogP) is 2.20. The van der Waals surface area contributed by atoms with Crippen LogP contribution in [0.5, 0.6) is 0 Å². The summed E-state index contributed by atoms with van der Waals surface area (Å²) in [6, 6.07) is 10.1. The number of rotatable bonds is 6. The highest BCUT2D eigenvalue weighted by Gasteiger charge is 2.22. The molecule has 0 atom stereocenters. The fourth-order valence-corrected chi connectivity index (χ4v) is 3.06. The molecule has 2 amide bonds. The van der Waals surface area contributed by atoms with Crippen LogP contribution in [0.25, 0.3) is 0 Å². The summed E-state index contributed by atoms with van der Waals surface area (Å²) >= 11 is 0. The van der Waals surface area contributed by atoms with Crippen LogP contribution in [-0.2, 0) is 16.0 Å². The van der Waals surface area contributed by atoms with E-state index in [1.807, 2.05) is 17.0 Å². The molecule has 24 heavy (non-hydrogen) atoms. The second-order valence-corrected chi connectivity index (χ2v) is 6.45. The Labute approximate surface area is 143 Å². The third-order valence-electron chi connectivity index (χ3n) is 4.50. The lowest BCUT2D eigenvalue weighted by Gasteiger charge is -2.32. The summed E-state index contributed by atoms with van der Waals surface area (Å²) in [4.78, 5) is 25.6. The molecule has 1 aromatic rings. The van der Waals surface area contributed by atoms with Gasteiger partial charge < -0.3 is 10.2 Å². The molecule has 0 unspecified atom stereocenters. The number of hydrogen-bond donors (Lipinski definition) is 1. The molecule has 0 aromatic heterocycles. The Hall–Kier alpha value is -2.35. The van der Waals surface area contributed by atoms with E-state index < -0.39 is 0 Å². The van der Waals surface area contributed by atoms with Gasteiger partial charge in [-0.05, 0) is 37.7 Å². The number of nitriles is 1. The SMILES string of the molecule is Cc1cccc(CCC(=O)N2CCC(CNC(=O)CC#N)CC2)c1. The van der Waals surface area contributed by atoms with Gasteiger partial charge in [0.05, 0.1) is 6.07 Å². The average Bonchev–Trinajstić information content (AvgIpc) is 2.59. The molecule has 1 heterocycles. The maximum atomic E-state index is 12.3. The van der Waals surface area contributed by atoms with Crippen molar-refractivity contribution in [3.05, 3.63) is 35.4 Å². The molecule has 0 bridgehead atoms. The zero-order valence-electron chi connectivity index (χ0n) is 14.3. The third kappa shape index (κ3) is 5.69. The fourth-order valence-electron chi connectivity index (χ4n) is 3.06. The molecule has 1 aromatic carbocycles. The summed E-state index contributed by atoms with van der Waals surface area (Å²) in [6.45, 7) is 4.17. The highest BCUT2D eigenvalue weighted by Crippen LogP contribution is 2.18. The molecule has 0 saturated carbocycles. The summed E-state index contributed by atoms with van der Waals surface area (Å²) in [5.41, 5.74) is 2.43. The summed E-state index contributed by atoms with van der Waals surface area (Å²) in [5, 5.41) is 11.2. The number of amides is 2. The van der Waals surface area contributed by atoms with Crippen molar-refractivity contribution in [2.24, 2.45) is 5.92 Å². The quantitative estimate of drug-likeness (QED) is 0.870. The van der Waals surface area contributed by atoms with Crippen LogP contribution in [0.15, 0.2) is 24.3 Å². The minimum Gasteiger partial charge on any atom is -0.355 e. The van der Waals surface area contributed by atoms with Crippen molar-refractivity contribution in [2.45, 2.75) is 39.0 Å². The first-order chi connectivity index (χ1) is 11.6. The predicted molar refractivity (Wildman–Crippen MR) is 92.0 cm³/mol. The largest absolute Gasteiger partial charge is 0.355 e. The van der Waals surface area contributed by atoms with Gasteiger partial charge in [-0.25, -0.2) is 0 Å². The second-order valence-electron chi connectivity index (χ2n) is 6.45. The van der Waals surface area contributed by atoms with Crippen molar-refractivity contribution in [2.75, 3.05) is 19.6 Å². The highest BCUT2D eigenvalue weighted by molar-refractivity contribution is 5.78. The second kappa shape index (κ2) is 9.07. The van der Waals surface area contributed by atoms with Crippen LogP contribution in [0.3, 0.4) is 0 Å². The zero-order chi connectivity index (χ0) is 17.4. The van der Waals surface area contributed by atoms with E-state index in [4.69, 9.17) is 5.26 Å². The van der Waals surface area contributed by atoms with Gasteiger partial charge in [0, 0.05) is 26.1 Å². The topological polar surface area (TPSA) is 73.2 Å². The van der Waals surface area contributed by atoms with Crippen LogP contribution >= 0.6 is 0 Å². The minimum absolute atomic E-state index is 0.0870. The lowest BCUT2D eigenvalue weighted by atomic mass is 9.96. The Morgan fingerprint density at radius 3 is 2.75 bits per heavy atom.